The Kier molecular flexibility index (Phi) is 4.84. The van der Waals surface area contributed by atoms with E-state index in [0.717, 1.165) is 17.9 Å². The van der Waals surface area contributed by atoms with Crippen LogP contribution < -0.4 is 10.1 Å². The summed E-state index contributed by atoms with van der Waals surface area (Å²) in [6.45, 7) is 6.56. The molecule has 0 spiro atoms. The van der Waals surface area contributed by atoms with Gasteiger partial charge in [-0.05, 0) is 31.4 Å². The molecule has 0 aromatic heterocycles. The predicted octanol–water partition coefficient (Wildman–Crippen LogP) is 3.41. The van der Waals surface area contributed by atoms with Gasteiger partial charge in [0.15, 0.2) is 0 Å². The molecule has 3 heteroatoms. The van der Waals surface area contributed by atoms with Crippen LogP contribution in [0.1, 0.15) is 32.8 Å². The second kappa shape index (κ2) is 6.15. The number of nitrogens with one attached hydrogen (secondary N) is 1. The average molecular weight is 232 g/mol. The number of anilines is 1. The smallest absolute Gasteiger partial charge is 0.143 e. The predicted molar refractivity (Wildman–Crippen MR) is 70.2 cm³/mol. The fourth-order valence-electron chi connectivity index (χ4n) is 1.91. The summed E-state index contributed by atoms with van der Waals surface area (Å²) in [5, 5.41) is 12.2. The fraction of sp³-hybridized carbons (Fsp3) is 0.500. The van der Waals surface area contributed by atoms with Crippen LogP contribution in [0.2, 0.25) is 0 Å². The number of nitrogens with zero attached hydrogens (tertiary/aromatic N) is 1. The first-order chi connectivity index (χ1) is 8.06. The Morgan fingerprint density at radius 1 is 1.35 bits per heavy atom. The maximum absolute atomic E-state index is 8.82. The highest BCUT2D eigenvalue weighted by atomic mass is 16.5. The lowest BCUT2D eigenvalue weighted by Crippen LogP contribution is -2.17. The zero-order valence-electron chi connectivity index (χ0n) is 10.9. The van der Waals surface area contributed by atoms with Crippen LogP contribution in [0.25, 0.3) is 0 Å². The molecule has 0 aliphatic heterocycles. The molecule has 0 amide bonds. The SMILES string of the molecule is COc1cc(C#N)ccc1NC(C)CC(C)C. The van der Waals surface area contributed by atoms with Gasteiger partial charge in [0, 0.05) is 12.1 Å². The third-order valence-electron chi connectivity index (χ3n) is 2.56. The molecule has 1 aromatic carbocycles. The van der Waals surface area contributed by atoms with Gasteiger partial charge in [0.2, 0.25) is 0 Å². The van der Waals surface area contributed by atoms with E-state index in [4.69, 9.17) is 10.00 Å². The van der Waals surface area contributed by atoms with Crippen molar-refractivity contribution in [1.29, 1.82) is 5.26 Å². The Labute approximate surface area is 103 Å². The summed E-state index contributed by atoms with van der Waals surface area (Å²) in [4.78, 5) is 0. The van der Waals surface area contributed by atoms with E-state index in [-0.39, 0.29) is 0 Å². The maximum atomic E-state index is 8.82. The van der Waals surface area contributed by atoms with Gasteiger partial charge >= 0.3 is 0 Å². The van der Waals surface area contributed by atoms with Crippen molar-refractivity contribution in [2.24, 2.45) is 5.92 Å². The summed E-state index contributed by atoms with van der Waals surface area (Å²) in [5.41, 5.74) is 1.56. The van der Waals surface area contributed by atoms with Crippen LogP contribution >= 0.6 is 0 Å². The van der Waals surface area contributed by atoms with Crippen molar-refractivity contribution < 1.29 is 4.74 Å². The molecule has 1 aromatic rings. The van der Waals surface area contributed by atoms with E-state index in [1.807, 2.05) is 6.07 Å². The van der Waals surface area contributed by atoms with Crippen LogP contribution in [-0.4, -0.2) is 13.2 Å². The first kappa shape index (κ1) is 13.4. The van der Waals surface area contributed by atoms with E-state index >= 15 is 0 Å². The molecule has 92 valence electrons. The second-order valence-corrected chi connectivity index (χ2v) is 4.70. The molecule has 17 heavy (non-hydrogen) atoms. The molecule has 0 bridgehead atoms. The fourth-order valence-corrected chi connectivity index (χ4v) is 1.91. The summed E-state index contributed by atoms with van der Waals surface area (Å²) in [5.74, 6) is 1.38. The highest BCUT2D eigenvalue weighted by Crippen LogP contribution is 2.26. The van der Waals surface area contributed by atoms with Crippen LogP contribution in [0.15, 0.2) is 18.2 Å². The van der Waals surface area contributed by atoms with Gasteiger partial charge in [0.25, 0.3) is 0 Å². The number of rotatable bonds is 5. The molecule has 1 rings (SSSR count). The normalized spacial score (nSPS) is 12.0. The molecular weight excluding hydrogens is 212 g/mol. The minimum absolute atomic E-state index is 0.386. The molecule has 0 saturated carbocycles. The van der Waals surface area contributed by atoms with Crippen LogP contribution in [-0.2, 0) is 0 Å². The Balaban J connectivity index is 2.80. The summed E-state index contributed by atoms with van der Waals surface area (Å²) >= 11 is 0. The largest absolute Gasteiger partial charge is 0.495 e. The molecule has 1 N–H and O–H groups in total. The minimum Gasteiger partial charge on any atom is -0.495 e. The van der Waals surface area contributed by atoms with Crippen molar-refractivity contribution in [3.8, 4) is 11.8 Å². The van der Waals surface area contributed by atoms with E-state index in [2.05, 4.69) is 32.2 Å². The molecule has 0 aliphatic carbocycles. The number of benzene rings is 1. The van der Waals surface area contributed by atoms with E-state index in [9.17, 15) is 0 Å². The highest BCUT2D eigenvalue weighted by Gasteiger charge is 2.09. The number of hydrogen-bond acceptors (Lipinski definition) is 3. The third kappa shape index (κ3) is 3.99. The van der Waals surface area contributed by atoms with Crippen LogP contribution in [0.3, 0.4) is 0 Å². The van der Waals surface area contributed by atoms with Crippen LogP contribution in [0, 0.1) is 17.2 Å². The molecule has 0 radical (unpaired) electrons. The first-order valence-electron chi connectivity index (χ1n) is 5.91. The van der Waals surface area contributed by atoms with Gasteiger partial charge < -0.3 is 10.1 Å². The molecule has 0 heterocycles. The van der Waals surface area contributed by atoms with Crippen LogP contribution in [0.5, 0.6) is 5.75 Å². The Bertz CT molecular complexity index is 407. The summed E-state index contributed by atoms with van der Waals surface area (Å²) in [6, 6.07) is 7.94. The number of nitriles is 1. The summed E-state index contributed by atoms with van der Waals surface area (Å²) in [6.07, 6.45) is 1.10. The van der Waals surface area contributed by atoms with E-state index < -0.39 is 0 Å². The van der Waals surface area contributed by atoms with Crippen molar-refractivity contribution in [1.82, 2.24) is 0 Å². The molecule has 0 aliphatic rings. The van der Waals surface area contributed by atoms with E-state index in [1.54, 1.807) is 19.2 Å². The van der Waals surface area contributed by atoms with Crippen molar-refractivity contribution in [2.75, 3.05) is 12.4 Å². The maximum Gasteiger partial charge on any atom is 0.143 e. The third-order valence-corrected chi connectivity index (χ3v) is 2.56. The number of methoxy groups -OCH3 is 1. The average Bonchev–Trinajstić information content (AvgIpc) is 2.28. The van der Waals surface area contributed by atoms with Gasteiger partial charge in [-0.15, -0.1) is 0 Å². The lowest BCUT2D eigenvalue weighted by molar-refractivity contribution is 0.415. The quantitative estimate of drug-likeness (QED) is 0.846. The Morgan fingerprint density at radius 2 is 2.06 bits per heavy atom. The van der Waals surface area contributed by atoms with Crippen molar-refractivity contribution in [3.05, 3.63) is 23.8 Å². The van der Waals surface area contributed by atoms with Crippen molar-refractivity contribution in [3.63, 3.8) is 0 Å². The zero-order valence-corrected chi connectivity index (χ0v) is 10.9. The first-order valence-corrected chi connectivity index (χ1v) is 5.91. The van der Waals surface area contributed by atoms with Crippen molar-refractivity contribution >= 4 is 5.69 Å². The van der Waals surface area contributed by atoms with Gasteiger partial charge in [-0.25, -0.2) is 0 Å². The molecule has 1 atom stereocenters. The van der Waals surface area contributed by atoms with E-state index in [0.29, 0.717) is 17.5 Å². The molecule has 1 unspecified atom stereocenters. The standard InChI is InChI=1S/C14H20N2O/c1-10(2)7-11(3)16-13-6-5-12(9-15)8-14(13)17-4/h5-6,8,10-11,16H,7H2,1-4H3. The van der Waals surface area contributed by atoms with Gasteiger partial charge in [-0.3, -0.25) is 0 Å². The molecule has 0 saturated heterocycles. The van der Waals surface area contributed by atoms with Gasteiger partial charge in [0.1, 0.15) is 5.75 Å². The Hall–Kier alpha value is -1.69. The minimum atomic E-state index is 0.386. The molecule has 3 nitrogen and oxygen atoms in total. The Morgan fingerprint density at radius 3 is 2.59 bits per heavy atom. The van der Waals surface area contributed by atoms with Gasteiger partial charge in [0.05, 0.1) is 24.4 Å². The monoisotopic (exact) mass is 232 g/mol. The molecular formula is C14H20N2O. The molecule has 0 fully saturated rings. The van der Waals surface area contributed by atoms with E-state index in [1.165, 1.54) is 0 Å². The topological polar surface area (TPSA) is 45.0 Å². The second-order valence-electron chi connectivity index (χ2n) is 4.70. The lowest BCUT2D eigenvalue weighted by atomic mass is 10.0. The van der Waals surface area contributed by atoms with Gasteiger partial charge in [-0.1, -0.05) is 13.8 Å². The lowest BCUT2D eigenvalue weighted by Gasteiger charge is -2.19. The number of hydrogen-bond donors (Lipinski definition) is 1. The zero-order chi connectivity index (χ0) is 12.8. The summed E-state index contributed by atoms with van der Waals surface area (Å²) in [7, 11) is 1.62. The van der Waals surface area contributed by atoms with Crippen LogP contribution in [0.4, 0.5) is 5.69 Å². The van der Waals surface area contributed by atoms with Crippen molar-refractivity contribution in [2.45, 2.75) is 33.2 Å². The van der Waals surface area contributed by atoms with Gasteiger partial charge in [-0.2, -0.15) is 5.26 Å². The number of ether oxygens (including phenoxy) is 1. The highest BCUT2D eigenvalue weighted by molar-refractivity contribution is 5.59. The summed E-state index contributed by atoms with van der Waals surface area (Å²) < 4.78 is 5.28.